The van der Waals surface area contributed by atoms with E-state index in [0.29, 0.717) is 5.56 Å². The largest absolute Gasteiger partial charge is 0.449 e. The monoisotopic (exact) mass is 390 g/mol. The van der Waals surface area contributed by atoms with Crippen LogP contribution in [0.1, 0.15) is 47.3 Å². The van der Waals surface area contributed by atoms with Gasteiger partial charge in [-0.05, 0) is 61.6 Å². The van der Waals surface area contributed by atoms with Crippen molar-refractivity contribution >= 4 is 11.9 Å². The molecule has 0 fully saturated rings. The molecule has 1 aliphatic rings. The number of amides is 1. The lowest BCUT2D eigenvalue weighted by Gasteiger charge is -2.27. The second kappa shape index (κ2) is 8.26. The molecule has 1 aliphatic carbocycles. The molecule has 1 aromatic heterocycles. The number of fused-ring (bicyclic) bond motifs is 1. The summed E-state index contributed by atoms with van der Waals surface area (Å²) in [6, 6.07) is 14.9. The first-order valence-corrected chi connectivity index (χ1v) is 9.66. The van der Waals surface area contributed by atoms with E-state index in [0.717, 1.165) is 30.5 Å². The van der Waals surface area contributed by atoms with E-state index in [1.54, 1.807) is 42.2 Å². The number of ether oxygens (including phenoxy) is 1. The van der Waals surface area contributed by atoms with Crippen LogP contribution in [0.15, 0.2) is 61.2 Å². The summed E-state index contributed by atoms with van der Waals surface area (Å²) >= 11 is 0. The van der Waals surface area contributed by atoms with Crippen molar-refractivity contribution in [2.45, 2.75) is 38.3 Å². The first-order chi connectivity index (χ1) is 14.1. The normalized spacial score (nSPS) is 16.5. The van der Waals surface area contributed by atoms with E-state index in [-0.39, 0.29) is 11.9 Å². The smallest absolute Gasteiger partial charge is 0.338 e. The summed E-state index contributed by atoms with van der Waals surface area (Å²) in [5.41, 5.74) is 3.56. The van der Waals surface area contributed by atoms with Gasteiger partial charge in [-0.1, -0.05) is 24.3 Å². The quantitative estimate of drug-likeness (QED) is 0.677. The van der Waals surface area contributed by atoms with Crippen molar-refractivity contribution in [2.24, 2.45) is 0 Å². The van der Waals surface area contributed by atoms with Crippen LogP contribution in [0.3, 0.4) is 0 Å². The highest BCUT2D eigenvalue weighted by molar-refractivity contribution is 5.92. The fourth-order valence-corrected chi connectivity index (χ4v) is 3.57. The average Bonchev–Trinajstić information content (AvgIpc) is 3.29. The molecule has 1 amide bonds. The summed E-state index contributed by atoms with van der Waals surface area (Å²) in [6.07, 6.45) is 5.06. The van der Waals surface area contributed by atoms with Crippen molar-refractivity contribution < 1.29 is 14.3 Å². The van der Waals surface area contributed by atoms with Crippen LogP contribution in [0.5, 0.6) is 0 Å². The summed E-state index contributed by atoms with van der Waals surface area (Å²) in [6.45, 7) is 1.59. The highest BCUT2D eigenvalue weighted by Gasteiger charge is 2.25. The Kier molecular flexibility index (Phi) is 5.37. The Morgan fingerprint density at radius 2 is 1.97 bits per heavy atom. The summed E-state index contributed by atoms with van der Waals surface area (Å²) in [5, 5.41) is 7.07. The van der Waals surface area contributed by atoms with Gasteiger partial charge in [-0.3, -0.25) is 4.79 Å². The standard InChI is InChI=1S/C22H22N4O3/c1-15(21(27)25-20-8-4-6-16-5-2-3-7-19(16)20)29-22(28)17-9-11-18(12-10-17)26-14-23-13-24-26/h2-3,5,7,9-15,20H,4,6,8H2,1H3,(H,25,27)/t15-,20-/m0/s1. The molecule has 0 unspecified atom stereocenters. The molecule has 0 radical (unpaired) electrons. The molecule has 7 nitrogen and oxygen atoms in total. The van der Waals surface area contributed by atoms with Crippen molar-refractivity contribution in [1.29, 1.82) is 0 Å². The van der Waals surface area contributed by atoms with Gasteiger partial charge in [0.2, 0.25) is 0 Å². The molecular weight excluding hydrogens is 368 g/mol. The second-order valence-electron chi connectivity index (χ2n) is 7.09. The van der Waals surface area contributed by atoms with Crippen LogP contribution in [-0.4, -0.2) is 32.7 Å². The number of hydrogen-bond acceptors (Lipinski definition) is 5. The molecule has 29 heavy (non-hydrogen) atoms. The molecule has 0 saturated heterocycles. The van der Waals surface area contributed by atoms with Gasteiger partial charge in [0.15, 0.2) is 6.10 Å². The van der Waals surface area contributed by atoms with Gasteiger partial charge in [-0.15, -0.1) is 0 Å². The third kappa shape index (κ3) is 4.18. The molecule has 0 bridgehead atoms. The molecular formula is C22H22N4O3. The predicted molar refractivity (Wildman–Crippen MR) is 107 cm³/mol. The van der Waals surface area contributed by atoms with Crippen LogP contribution < -0.4 is 5.32 Å². The van der Waals surface area contributed by atoms with E-state index in [1.807, 2.05) is 18.2 Å². The Morgan fingerprint density at radius 1 is 1.17 bits per heavy atom. The zero-order valence-electron chi connectivity index (χ0n) is 16.1. The van der Waals surface area contributed by atoms with Crippen LogP contribution in [-0.2, 0) is 16.0 Å². The molecule has 0 aliphatic heterocycles. The van der Waals surface area contributed by atoms with Crippen LogP contribution >= 0.6 is 0 Å². The van der Waals surface area contributed by atoms with Crippen LogP contribution in [0.25, 0.3) is 5.69 Å². The fraction of sp³-hybridized carbons (Fsp3) is 0.273. The number of carbonyl (C=O) groups is 2. The number of esters is 1. The van der Waals surface area contributed by atoms with Gasteiger partial charge in [0.25, 0.3) is 5.91 Å². The molecule has 2 aromatic carbocycles. The molecule has 1 heterocycles. The number of aryl methyl sites for hydroxylation is 1. The highest BCUT2D eigenvalue weighted by atomic mass is 16.5. The highest BCUT2D eigenvalue weighted by Crippen LogP contribution is 2.29. The Bertz CT molecular complexity index is 999. The average molecular weight is 390 g/mol. The third-order valence-electron chi connectivity index (χ3n) is 5.13. The van der Waals surface area contributed by atoms with Gasteiger partial charge in [-0.25, -0.2) is 14.5 Å². The van der Waals surface area contributed by atoms with Gasteiger partial charge in [0.05, 0.1) is 17.3 Å². The maximum Gasteiger partial charge on any atom is 0.338 e. The lowest BCUT2D eigenvalue weighted by Crippen LogP contribution is -2.39. The summed E-state index contributed by atoms with van der Waals surface area (Å²) in [4.78, 5) is 28.9. The molecule has 2 atom stereocenters. The molecule has 4 rings (SSSR count). The van der Waals surface area contributed by atoms with E-state index in [4.69, 9.17) is 4.74 Å². The van der Waals surface area contributed by atoms with Gasteiger partial charge in [0, 0.05) is 0 Å². The predicted octanol–water partition coefficient (Wildman–Crippen LogP) is 3.01. The minimum atomic E-state index is -0.883. The number of rotatable bonds is 5. The van der Waals surface area contributed by atoms with E-state index in [9.17, 15) is 9.59 Å². The Hall–Kier alpha value is -3.48. The molecule has 0 spiro atoms. The zero-order chi connectivity index (χ0) is 20.2. The van der Waals surface area contributed by atoms with E-state index < -0.39 is 12.1 Å². The number of carbonyl (C=O) groups excluding carboxylic acids is 2. The minimum absolute atomic E-state index is 0.0458. The van der Waals surface area contributed by atoms with Crippen molar-refractivity contribution in [3.63, 3.8) is 0 Å². The first kappa shape index (κ1) is 18.9. The number of hydrogen-bond donors (Lipinski definition) is 1. The van der Waals surface area contributed by atoms with Gasteiger partial charge in [-0.2, -0.15) is 5.10 Å². The van der Waals surface area contributed by atoms with Crippen LogP contribution in [0.2, 0.25) is 0 Å². The van der Waals surface area contributed by atoms with Gasteiger partial charge >= 0.3 is 5.97 Å². The van der Waals surface area contributed by atoms with Gasteiger partial charge < -0.3 is 10.1 Å². The SMILES string of the molecule is C[C@H](OC(=O)c1ccc(-n2cncn2)cc1)C(=O)N[C@H]1CCCc2ccccc21. The zero-order valence-corrected chi connectivity index (χ0v) is 16.1. The first-order valence-electron chi connectivity index (χ1n) is 9.66. The Balaban J connectivity index is 1.37. The summed E-state index contributed by atoms with van der Waals surface area (Å²) in [7, 11) is 0. The second-order valence-corrected chi connectivity index (χ2v) is 7.09. The van der Waals surface area contributed by atoms with Crippen molar-refractivity contribution in [2.75, 3.05) is 0 Å². The number of nitrogens with zero attached hydrogens (tertiary/aromatic N) is 3. The maximum absolute atomic E-state index is 12.6. The van der Waals surface area contributed by atoms with Crippen molar-refractivity contribution in [1.82, 2.24) is 20.1 Å². The lowest BCUT2D eigenvalue weighted by atomic mass is 9.87. The maximum atomic E-state index is 12.6. The van der Waals surface area contributed by atoms with Crippen molar-refractivity contribution in [3.8, 4) is 5.69 Å². The van der Waals surface area contributed by atoms with E-state index >= 15 is 0 Å². The number of aromatic nitrogens is 3. The van der Waals surface area contributed by atoms with E-state index in [2.05, 4.69) is 21.5 Å². The third-order valence-corrected chi connectivity index (χ3v) is 5.13. The van der Waals surface area contributed by atoms with E-state index in [1.165, 1.54) is 11.9 Å². The molecule has 3 aromatic rings. The van der Waals surface area contributed by atoms with Crippen LogP contribution in [0, 0.1) is 0 Å². The Labute approximate surface area is 168 Å². The van der Waals surface area contributed by atoms with Crippen molar-refractivity contribution in [3.05, 3.63) is 77.9 Å². The Morgan fingerprint density at radius 3 is 2.72 bits per heavy atom. The molecule has 0 saturated carbocycles. The molecule has 1 N–H and O–H groups in total. The molecule has 148 valence electrons. The molecule has 7 heteroatoms. The minimum Gasteiger partial charge on any atom is -0.449 e. The lowest BCUT2D eigenvalue weighted by molar-refractivity contribution is -0.130. The summed E-state index contributed by atoms with van der Waals surface area (Å²) in [5.74, 6) is -0.832. The van der Waals surface area contributed by atoms with Crippen LogP contribution in [0.4, 0.5) is 0 Å². The number of nitrogens with one attached hydrogen (secondary N) is 1. The topological polar surface area (TPSA) is 86.1 Å². The van der Waals surface area contributed by atoms with Gasteiger partial charge in [0.1, 0.15) is 12.7 Å². The summed E-state index contributed by atoms with van der Waals surface area (Å²) < 4.78 is 6.96. The fourth-order valence-electron chi connectivity index (χ4n) is 3.57. The number of benzene rings is 2.